The average Bonchev–Trinajstić information content (AvgIpc) is 2.73. The fraction of sp³-hybridized carbons (Fsp3) is 0.364. The number of anilines is 1. The van der Waals surface area contributed by atoms with Crippen LogP contribution in [0.15, 0.2) is 42.5 Å². The van der Waals surface area contributed by atoms with Gasteiger partial charge < -0.3 is 9.80 Å². The largest absolute Gasteiger partial charge is 0.416 e. The second-order valence-electron chi connectivity index (χ2n) is 7.69. The maximum Gasteiger partial charge on any atom is 0.416 e. The fourth-order valence-electron chi connectivity index (χ4n) is 3.76. The highest BCUT2D eigenvalue weighted by atomic mass is 19.4. The molecular formula is C22H19F6N3O. The molecule has 0 aliphatic carbocycles. The van der Waals surface area contributed by atoms with E-state index in [1.165, 1.54) is 11.0 Å². The van der Waals surface area contributed by atoms with Gasteiger partial charge in [-0.1, -0.05) is 6.07 Å². The van der Waals surface area contributed by atoms with E-state index in [1.54, 1.807) is 18.7 Å². The Morgan fingerprint density at radius 2 is 1.56 bits per heavy atom. The Balaban J connectivity index is 1.81. The molecule has 3 rings (SSSR count). The number of carbonyl (C=O) groups is 1. The van der Waals surface area contributed by atoms with Gasteiger partial charge in [-0.3, -0.25) is 4.79 Å². The van der Waals surface area contributed by atoms with Crippen LogP contribution in [0, 0.1) is 6.57 Å². The quantitative estimate of drug-likeness (QED) is 0.410. The summed E-state index contributed by atoms with van der Waals surface area (Å²) >= 11 is 0. The molecule has 0 saturated carbocycles. The number of hydrogen-bond donors (Lipinski definition) is 0. The lowest BCUT2D eigenvalue weighted by Crippen LogP contribution is -2.58. The third kappa shape index (κ3) is 4.66. The molecule has 2 aromatic rings. The first-order valence-electron chi connectivity index (χ1n) is 9.66. The van der Waals surface area contributed by atoms with E-state index in [0.29, 0.717) is 0 Å². The topological polar surface area (TPSA) is 27.9 Å². The van der Waals surface area contributed by atoms with Gasteiger partial charge in [-0.15, -0.1) is 0 Å². The summed E-state index contributed by atoms with van der Waals surface area (Å²) in [5, 5.41) is 0. The first-order valence-corrected chi connectivity index (χ1v) is 9.66. The van der Waals surface area contributed by atoms with Crippen molar-refractivity contribution in [1.29, 1.82) is 0 Å². The van der Waals surface area contributed by atoms with Crippen molar-refractivity contribution in [2.75, 3.05) is 18.0 Å². The molecule has 0 radical (unpaired) electrons. The number of carbonyl (C=O) groups excluding carboxylic acids is 1. The van der Waals surface area contributed by atoms with E-state index < -0.39 is 41.1 Å². The second kappa shape index (κ2) is 8.37. The smallest absolute Gasteiger partial charge is 0.365 e. The van der Waals surface area contributed by atoms with Gasteiger partial charge in [0.25, 0.3) is 5.91 Å². The number of alkyl halides is 6. The minimum Gasteiger partial charge on any atom is -0.365 e. The van der Waals surface area contributed by atoms with Crippen LogP contribution in [0.5, 0.6) is 0 Å². The van der Waals surface area contributed by atoms with Gasteiger partial charge in [0.15, 0.2) is 5.69 Å². The molecular weight excluding hydrogens is 436 g/mol. The SMILES string of the molecule is [C-]#[N+]c1ccc(N2C[C@@H](C)N(C(=O)c3ccc(C(F)(F)F)cc3)C[C@@H]2C)cc1C(F)(F)F. The number of amides is 1. The Morgan fingerprint density at radius 1 is 0.938 bits per heavy atom. The summed E-state index contributed by atoms with van der Waals surface area (Å²) in [5.74, 6) is -0.447. The minimum atomic E-state index is -4.68. The molecule has 1 aliphatic rings. The summed E-state index contributed by atoms with van der Waals surface area (Å²) < 4.78 is 78.3. The van der Waals surface area contributed by atoms with Crippen LogP contribution in [0.25, 0.3) is 4.85 Å². The van der Waals surface area contributed by atoms with Crippen molar-refractivity contribution in [1.82, 2.24) is 4.90 Å². The van der Waals surface area contributed by atoms with Gasteiger partial charge in [0, 0.05) is 36.4 Å². The summed E-state index contributed by atoms with van der Waals surface area (Å²) in [6, 6.07) is 6.66. The Bertz CT molecular complexity index is 1040. The van der Waals surface area contributed by atoms with E-state index in [2.05, 4.69) is 4.85 Å². The Hall–Kier alpha value is -3.22. The van der Waals surface area contributed by atoms with Crippen LogP contribution in [-0.4, -0.2) is 36.0 Å². The number of benzene rings is 2. The van der Waals surface area contributed by atoms with E-state index in [1.807, 2.05) is 0 Å². The highest BCUT2D eigenvalue weighted by Crippen LogP contribution is 2.39. The lowest BCUT2D eigenvalue weighted by molar-refractivity contribution is -0.138. The van der Waals surface area contributed by atoms with Crippen LogP contribution in [0.3, 0.4) is 0 Å². The highest BCUT2D eigenvalue weighted by molar-refractivity contribution is 5.94. The van der Waals surface area contributed by atoms with Crippen LogP contribution >= 0.6 is 0 Å². The molecule has 32 heavy (non-hydrogen) atoms. The van der Waals surface area contributed by atoms with E-state index >= 15 is 0 Å². The number of nitrogens with zero attached hydrogens (tertiary/aromatic N) is 3. The van der Waals surface area contributed by atoms with Crippen LogP contribution in [0.2, 0.25) is 0 Å². The molecule has 0 spiro atoms. The predicted octanol–water partition coefficient (Wildman–Crippen LogP) is 6.01. The summed E-state index contributed by atoms with van der Waals surface area (Å²) in [6.45, 7) is 10.8. The van der Waals surface area contributed by atoms with Crippen LogP contribution in [0.1, 0.15) is 35.3 Å². The van der Waals surface area contributed by atoms with Gasteiger partial charge in [-0.25, -0.2) is 4.85 Å². The summed E-state index contributed by atoms with van der Waals surface area (Å²) in [4.78, 5) is 19.0. The monoisotopic (exact) mass is 455 g/mol. The second-order valence-corrected chi connectivity index (χ2v) is 7.69. The Morgan fingerprint density at radius 3 is 2.09 bits per heavy atom. The maximum atomic E-state index is 13.3. The van der Waals surface area contributed by atoms with E-state index in [9.17, 15) is 31.1 Å². The lowest BCUT2D eigenvalue weighted by Gasteiger charge is -2.45. The average molecular weight is 455 g/mol. The maximum absolute atomic E-state index is 13.3. The third-order valence-corrected chi connectivity index (χ3v) is 5.44. The number of halogens is 6. The van der Waals surface area contributed by atoms with Gasteiger partial charge in [-0.05, 0) is 50.2 Å². The van der Waals surface area contributed by atoms with E-state index in [-0.39, 0.29) is 30.4 Å². The zero-order valence-corrected chi connectivity index (χ0v) is 17.1. The zero-order valence-electron chi connectivity index (χ0n) is 17.1. The molecule has 1 fully saturated rings. The Labute approximate surface area is 180 Å². The zero-order chi connectivity index (χ0) is 23.8. The van der Waals surface area contributed by atoms with Crippen LogP contribution < -0.4 is 4.90 Å². The molecule has 1 amide bonds. The van der Waals surface area contributed by atoms with Crippen molar-refractivity contribution in [3.05, 3.63) is 70.6 Å². The normalized spacial score (nSPS) is 19.6. The van der Waals surface area contributed by atoms with Gasteiger partial charge >= 0.3 is 12.4 Å². The van der Waals surface area contributed by atoms with E-state index in [4.69, 9.17) is 6.57 Å². The predicted molar refractivity (Wildman–Crippen MR) is 106 cm³/mol. The number of piperazine rings is 1. The van der Waals surface area contributed by atoms with Gasteiger partial charge in [0.2, 0.25) is 0 Å². The highest BCUT2D eigenvalue weighted by Gasteiger charge is 2.37. The molecule has 2 atom stereocenters. The van der Waals surface area contributed by atoms with Crippen molar-refractivity contribution in [2.45, 2.75) is 38.3 Å². The number of rotatable bonds is 2. The number of hydrogen-bond acceptors (Lipinski definition) is 2. The van der Waals surface area contributed by atoms with E-state index in [0.717, 1.165) is 36.4 Å². The molecule has 1 aliphatic heterocycles. The minimum absolute atomic E-state index is 0.103. The van der Waals surface area contributed by atoms with Gasteiger partial charge in [0.1, 0.15) is 0 Å². The fourth-order valence-corrected chi connectivity index (χ4v) is 3.76. The molecule has 2 aromatic carbocycles. The molecule has 1 heterocycles. The summed E-state index contributed by atoms with van der Waals surface area (Å²) in [5.41, 5.74) is -1.98. The van der Waals surface area contributed by atoms with Crippen molar-refractivity contribution in [3.63, 3.8) is 0 Å². The molecule has 170 valence electrons. The molecule has 0 unspecified atom stereocenters. The molecule has 0 aromatic heterocycles. The summed E-state index contributed by atoms with van der Waals surface area (Å²) in [6.07, 6.45) is -9.18. The molecule has 0 N–H and O–H groups in total. The molecule has 10 heteroatoms. The van der Waals surface area contributed by atoms with Gasteiger partial charge in [-0.2, -0.15) is 26.3 Å². The first-order chi connectivity index (χ1) is 14.8. The lowest BCUT2D eigenvalue weighted by atomic mass is 10.0. The summed E-state index contributed by atoms with van der Waals surface area (Å²) in [7, 11) is 0. The van der Waals surface area contributed by atoms with Gasteiger partial charge in [0.05, 0.1) is 17.7 Å². The van der Waals surface area contributed by atoms with Crippen molar-refractivity contribution in [2.24, 2.45) is 0 Å². The van der Waals surface area contributed by atoms with Crippen molar-refractivity contribution in [3.8, 4) is 0 Å². The van der Waals surface area contributed by atoms with Crippen LogP contribution in [-0.2, 0) is 12.4 Å². The molecule has 1 saturated heterocycles. The third-order valence-electron chi connectivity index (χ3n) is 5.44. The first kappa shape index (κ1) is 23.4. The van der Waals surface area contributed by atoms with Crippen molar-refractivity contribution < 1.29 is 31.1 Å². The van der Waals surface area contributed by atoms with Crippen molar-refractivity contribution >= 4 is 17.3 Å². The standard InChI is InChI=1S/C22H19F6N3O/c1-13-12-31(20(32)15-4-6-16(7-5-15)21(23,24)25)14(2)11-30(13)17-8-9-19(29-3)18(10-17)22(26,27)28/h4-10,13-14H,11-12H2,1-2H3/t13-,14+/m0/s1. The Kier molecular flexibility index (Phi) is 6.13. The van der Waals surface area contributed by atoms with Crippen LogP contribution in [0.4, 0.5) is 37.7 Å². The molecule has 4 nitrogen and oxygen atoms in total. The molecule has 0 bridgehead atoms.